The molecule has 1 aromatic rings. The van der Waals surface area contributed by atoms with Crippen LogP contribution in [0, 0.1) is 0 Å². The molecule has 0 unspecified atom stereocenters. The van der Waals surface area contributed by atoms with Crippen LogP contribution in [0.3, 0.4) is 0 Å². The number of halogens is 1. The second-order valence-electron chi connectivity index (χ2n) is 6.43. The Morgan fingerprint density at radius 2 is 2.04 bits per heavy atom. The standard InChI is InChI=1S/C18H29N5O.HI/c1-23(2)17(24)14-21-18(22-16-9-4-3-5-10-16)20-13-11-15-8-6-7-12-19-15;/h6-8,12,16H,3-5,9-11,13-14H2,1-2H3,(H2,20,21,22);1H. The molecule has 1 aromatic heterocycles. The maximum atomic E-state index is 11.8. The molecule has 0 saturated heterocycles. The highest BCUT2D eigenvalue weighted by molar-refractivity contribution is 14.0. The molecule has 0 bridgehead atoms. The monoisotopic (exact) mass is 459 g/mol. The van der Waals surface area contributed by atoms with Crippen molar-refractivity contribution >= 4 is 35.8 Å². The van der Waals surface area contributed by atoms with Gasteiger partial charge in [-0.25, -0.2) is 4.99 Å². The zero-order valence-corrected chi connectivity index (χ0v) is 17.5. The average molecular weight is 459 g/mol. The van der Waals surface area contributed by atoms with E-state index < -0.39 is 0 Å². The number of pyridine rings is 1. The molecule has 25 heavy (non-hydrogen) atoms. The van der Waals surface area contributed by atoms with E-state index in [-0.39, 0.29) is 36.4 Å². The highest BCUT2D eigenvalue weighted by Gasteiger charge is 2.15. The first-order chi connectivity index (χ1) is 11.6. The number of hydrogen-bond acceptors (Lipinski definition) is 3. The molecule has 0 atom stereocenters. The Hall–Kier alpha value is -1.38. The van der Waals surface area contributed by atoms with Crippen molar-refractivity contribution in [1.29, 1.82) is 0 Å². The number of likely N-dealkylation sites (N-methyl/N-ethyl adjacent to an activating group) is 1. The number of nitrogens with one attached hydrogen (secondary N) is 2. The molecule has 0 spiro atoms. The van der Waals surface area contributed by atoms with Crippen LogP contribution in [0.15, 0.2) is 29.4 Å². The van der Waals surface area contributed by atoms with E-state index in [1.54, 1.807) is 25.2 Å². The van der Waals surface area contributed by atoms with Gasteiger partial charge in [-0.1, -0.05) is 25.3 Å². The predicted molar refractivity (Wildman–Crippen MR) is 112 cm³/mol. The quantitative estimate of drug-likeness (QED) is 0.389. The number of aliphatic imine (C=N–C) groups is 1. The topological polar surface area (TPSA) is 69.6 Å². The maximum Gasteiger partial charge on any atom is 0.243 e. The summed E-state index contributed by atoms with van der Waals surface area (Å²) in [5.41, 5.74) is 1.05. The van der Waals surface area contributed by atoms with Crippen molar-refractivity contribution in [1.82, 2.24) is 20.5 Å². The van der Waals surface area contributed by atoms with Crippen LogP contribution in [-0.4, -0.2) is 55.0 Å². The van der Waals surface area contributed by atoms with Crippen molar-refractivity contribution in [2.75, 3.05) is 27.2 Å². The first-order valence-corrected chi connectivity index (χ1v) is 8.80. The third-order valence-electron chi connectivity index (χ3n) is 4.22. The Balaban J connectivity index is 0.00000312. The average Bonchev–Trinajstić information content (AvgIpc) is 2.61. The summed E-state index contributed by atoms with van der Waals surface area (Å²) < 4.78 is 0. The molecule has 2 N–H and O–H groups in total. The minimum absolute atomic E-state index is 0. The summed E-state index contributed by atoms with van der Waals surface area (Å²) >= 11 is 0. The molecule has 2 rings (SSSR count). The van der Waals surface area contributed by atoms with Crippen molar-refractivity contribution < 1.29 is 4.79 Å². The third kappa shape index (κ3) is 8.51. The van der Waals surface area contributed by atoms with Gasteiger partial charge in [-0.2, -0.15) is 0 Å². The second-order valence-corrected chi connectivity index (χ2v) is 6.43. The van der Waals surface area contributed by atoms with Gasteiger partial charge in [0.25, 0.3) is 0 Å². The van der Waals surface area contributed by atoms with Gasteiger partial charge in [0.1, 0.15) is 6.54 Å². The van der Waals surface area contributed by atoms with Gasteiger partial charge in [0, 0.05) is 45.0 Å². The molecule has 1 amide bonds. The van der Waals surface area contributed by atoms with Crippen LogP contribution in [0.5, 0.6) is 0 Å². The van der Waals surface area contributed by atoms with E-state index in [2.05, 4.69) is 20.6 Å². The number of aromatic nitrogens is 1. The van der Waals surface area contributed by atoms with Crippen LogP contribution in [0.4, 0.5) is 0 Å². The molecule has 1 aliphatic carbocycles. The molecule has 6 nitrogen and oxygen atoms in total. The van der Waals surface area contributed by atoms with Crippen molar-refractivity contribution in [2.45, 2.75) is 44.6 Å². The molecule has 0 aromatic carbocycles. The van der Waals surface area contributed by atoms with Gasteiger partial charge >= 0.3 is 0 Å². The molecule has 0 radical (unpaired) electrons. The van der Waals surface area contributed by atoms with Gasteiger partial charge in [-0.05, 0) is 25.0 Å². The van der Waals surface area contributed by atoms with Crippen LogP contribution >= 0.6 is 24.0 Å². The smallest absolute Gasteiger partial charge is 0.243 e. The van der Waals surface area contributed by atoms with Gasteiger partial charge in [0.15, 0.2) is 5.96 Å². The van der Waals surface area contributed by atoms with Crippen molar-refractivity contribution in [3.63, 3.8) is 0 Å². The fourth-order valence-corrected chi connectivity index (χ4v) is 2.74. The Labute approximate surface area is 167 Å². The Bertz CT molecular complexity index is 530. The number of hydrogen-bond donors (Lipinski definition) is 2. The van der Waals surface area contributed by atoms with Crippen molar-refractivity contribution in [3.8, 4) is 0 Å². The fraction of sp³-hybridized carbons (Fsp3) is 0.611. The molecular formula is C18H30IN5O. The van der Waals surface area contributed by atoms with Crippen LogP contribution in [0.1, 0.15) is 37.8 Å². The molecule has 0 aliphatic heterocycles. The second kappa shape index (κ2) is 12.1. The van der Waals surface area contributed by atoms with Crippen LogP contribution < -0.4 is 10.6 Å². The number of nitrogens with zero attached hydrogens (tertiary/aromatic N) is 3. The van der Waals surface area contributed by atoms with Crippen LogP contribution in [-0.2, 0) is 11.2 Å². The number of amides is 1. The van der Waals surface area contributed by atoms with Gasteiger partial charge in [0.05, 0.1) is 0 Å². The lowest BCUT2D eigenvalue weighted by Gasteiger charge is -2.25. The first kappa shape index (κ1) is 21.7. The Morgan fingerprint density at radius 1 is 1.28 bits per heavy atom. The van der Waals surface area contributed by atoms with Gasteiger partial charge in [-0.3, -0.25) is 9.78 Å². The van der Waals surface area contributed by atoms with Gasteiger partial charge in [-0.15, -0.1) is 24.0 Å². The van der Waals surface area contributed by atoms with E-state index in [1.165, 1.54) is 32.1 Å². The summed E-state index contributed by atoms with van der Waals surface area (Å²) in [5, 5.41) is 6.82. The van der Waals surface area contributed by atoms with E-state index >= 15 is 0 Å². The van der Waals surface area contributed by atoms with Crippen LogP contribution in [0.2, 0.25) is 0 Å². The fourth-order valence-electron chi connectivity index (χ4n) is 2.74. The Morgan fingerprint density at radius 3 is 2.68 bits per heavy atom. The summed E-state index contributed by atoms with van der Waals surface area (Å²) in [7, 11) is 3.50. The maximum absolute atomic E-state index is 11.8. The molecule has 1 aliphatic rings. The van der Waals surface area contributed by atoms with Gasteiger partial charge in [0.2, 0.25) is 5.91 Å². The highest BCUT2D eigenvalue weighted by atomic mass is 127. The molecule has 7 heteroatoms. The molecule has 1 saturated carbocycles. The zero-order chi connectivity index (χ0) is 17.2. The predicted octanol–water partition coefficient (Wildman–Crippen LogP) is 2.20. The molecular weight excluding hydrogens is 429 g/mol. The van der Waals surface area contributed by atoms with E-state index in [9.17, 15) is 4.79 Å². The largest absolute Gasteiger partial charge is 0.356 e. The minimum atomic E-state index is 0. The molecule has 1 heterocycles. The summed E-state index contributed by atoms with van der Waals surface area (Å²) in [6.45, 7) is 0.907. The molecule has 140 valence electrons. The van der Waals surface area contributed by atoms with E-state index in [0.29, 0.717) is 6.04 Å². The van der Waals surface area contributed by atoms with Crippen LogP contribution in [0.25, 0.3) is 0 Å². The van der Waals surface area contributed by atoms with E-state index in [0.717, 1.165) is 24.6 Å². The van der Waals surface area contributed by atoms with Crippen molar-refractivity contribution in [3.05, 3.63) is 30.1 Å². The number of carbonyl (C=O) groups excluding carboxylic acids is 1. The highest BCUT2D eigenvalue weighted by Crippen LogP contribution is 2.17. The summed E-state index contributed by atoms with van der Waals surface area (Å²) in [5.74, 6) is 0.734. The SMILES string of the molecule is CN(C)C(=O)CN=C(NCCc1ccccn1)NC1CCCCC1.I. The summed E-state index contributed by atoms with van der Waals surface area (Å²) in [6.07, 6.45) is 8.81. The van der Waals surface area contributed by atoms with Crippen molar-refractivity contribution in [2.24, 2.45) is 4.99 Å². The normalized spacial score (nSPS) is 15.2. The Kier molecular flexibility index (Phi) is 10.4. The minimum Gasteiger partial charge on any atom is -0.356 e. The zero-order valence-electron chi connectivity index (χ0n) is 15.2. The molecule has 1 fully saturated rings. The number of guanidine groups is 1. The van der Waals surface area contributed by atoms with E-state index in [4.69, 9.17) is 0 Å². The third-order valence-corrected chi connectivity index (χ3v) is 4.22. The van der Waals surface area contributed by atoms with Gasteiger partial charge < -0.3 is 15.5 Å². The van der Waals surface area contributed by atoms with E-state index in [1.807, 2.05) is 18.2 Å². The lowest BCUT2D eigenvalue weighted by atomic mass is 9.96. The number of carbonyl (C=O) groups is 1. The lowest BCUT2D eigenvalue weighted by Crippen LogP contribution is -2.45. The first-order valence-electron chi connectivity index (χ1n) is 8.80. The summed E-state index contributed by atoms with van der Waals surface area (Å²) in [6, 6.07) is 6.38. The lowest BCUT2D eigenvalue weighted by molar-refractivity contribution is -0.127. The number of rotatable bonds is 6. The summed E-state index contributed by atoms with van der Waals surface area (Å²) in [4.78, 5) is 22.1.